The minimum Gasteiger partial charge on any atom is -0.358 e. The standard InChI is InChI=1S/C37H35Cl2N11O3S/c1-25(51)42-11-13-47(2)36-18-35(31-8-6-26(38)16-32(31)45-36)50-22-28(43-24-50)21-48(15-12-44-54(52,53)29-4-3-9-40-20-29)37-19-34(49-14-10-41-23-49)30-7-5-27(39)17-33(30)46-37/h3-10,14,16-20,22-24,44H,11-13,15,21H2,1-2H3,(H,42,51). The van der Waals surface area contributed by atoms with E-state index in [1.807, 2.05) is 80.8 Å². The highest BCUT2D eigenvalue weighted by Crippen LogP contribution is 2.31. The first-order valence-electron chi connectivity index (χ1n) is 16.9. The highest BCUT2D eigenvalue weighted by atomic mass is 35.5. The summed E-state index contributed by atoms with van der Waals surface area (Å²) in [6.45, 7) is 3.07. The third-order valence-corrected chi connectivity index (χ3v) is 10.6. The average molecular weight is 785 g/mol. The third kappa shape index (κ3) is 8.29. The molecule has 14 nitrogen and oxygen atoms in total. The Morgan fingerprint density at radius 2 is 1.54 bits per heavy atom. The second kappa shape index (κ2) is 15.8. The molecule has 0 aliphatic heterocycles. The van der Waals surface area contributed by atoms with Gasteiger partial charge >= 0.3 is 0 Å². The highest BCUT2D eigenvalue weighted by Gasteiger charge is 2.19. The van der Waals surface area contributed by atoms with Crippen LogP contribution in [0.25, 0.3) is 33.2 Å². The molecule has 0 fully saturated rings. The van der Waals surface area contributed by atoms with Gasteiger partial charge in [0.2, 0.25) is 15.9 Å². The summed E-state index contributed by atoms with van der Waals surface area (Å²) in [7, 11) is -1.91. The number of amides is 1. The monoisotopic (exact) mass is 783 g/mol. The van der Waals surface area contributed by atoms with E-state index < -0.39 is 10.0 Å². The van der Waals surface area contributed by atoms with Gasteiger partial charge < -0.3 is 24.3 Å². The van der Waals surface area contributed by atoms with Crippen LogP contribution >= 0.6 is 23.2 Å². The van der Waals surface area contributed by atoms with Crippen LogP contribution in [-0.2, 0) is 21.4 Å². The molecule has 0 saturated heterocycles. The van der Waals surface area contributed by atoms with Crippen LogP contribution in [-0.4, -0.2) is 81.6 Å². The van der Waals surface area contributed by atoms with Crippen molar-refractivity contribution in [3.8, 4) is 11.4 Å². The molecule has 276 valence electrons. The summed E-state index contributed by atoms with van der Waals surface area (Å²) >= 11 is 12.8. The molecule has 54 heavy (non-hydrogen) atoms. The van der Waals surface area contributed by atoms with Gasteiger partial charge in [0.15, 0.2) is 0 Å². The van der Waals surface area contributed by atoms with Crippen molar-refractivity contribution in [2.75, 3.05) is 43.0 Å². The molecule has 0 atom stereocenters. The largest absolute Gasteiger partial charge is 0.358 e. The number of sulfonamides is 1. The average Bonchev–Trinajstić information content (AvgIpc) is 3.87. The number of likely N-dealkylation sites (N-methyl/N-ethyl adjacent to an activating group) is 1. The normalized spacial score (nSPS) is 11.6. The number of halogens is 2. The molecule has 7 aromatic rings. The van der Waals surface area contributed by atoms with Crippen molar-refractivity contribution in [2.24, 2.45) is 0 Å². The lowest BCUT2D eigenvalue weighted by atomic mass is 10.1. The molecule has 5 heterocycles. The van der Waals surface area contributed by atoms with Crippen LogP contribution in [0.5, 0.6) is 0 Å². The Bertz CT molecular complexity index is 2550. The van der Waals surface area contributed by atoms with Crippen molar-refractivity contribution in [3.05, 3.63) is 120 Å². The fraction of sp³-hybridized carbons (Fsp3) is 0.189. The summed E-state index contributed by atoms with van der Waals surface area (Å²) in [6, 6.07) is 18.0. The maximum absolute atomic E-state index is 13.1. The molecule has 0 bridgehead atoms. The molecule has 0 radical (unpaired) electrons. The molecule has 2 N–H and O–H groups in total. The molecule has 2 aromatic carbocycles. The minimum absolute atomic E-state index is 0.0670. The van der Waals surface area contributed by atoms with Gasteiger partial charge in [-0.25, -0.2) is 33.1 Å². The summed E-state index contributed by atoms with van der Waals surface area (Å²) in [5.41, 5.74) is 3.71. The van der Waals surface area contributed by atoms with Gasteiger partial charge in [0.25, 0.3) is 0 Å². The van der Waals surface area contributed by atoms with Crippen LogP contribution in [0.4, 0.5) is 11.6 Å². The van der Waals surface area contributed by atoms with Crippen LogP contribution < -0.4 is 19.8 Å². The van der Waals surface area contributed by atoms with Gasteiger partial charge in [0.1, 0.15) is 16.5 Å². The number of rotatable bonds is 14. The van der Waals surface area contributed by atoms with Crippen molar-refractivity contribution >= 4 is 72.6 Å². The number of hydrogen-bond donors (Lipinski definition) is 2. The first kappa shape index (κ1) is 36.7. The zero-order chi connectivity index (χ0) is 37.8. The number of fused-ring (bicyclic) bond motifs is 2. The highest BCUT2D eigenvalue weighted by molar-refractivity contribution is 7.89. The topological polar surface area (TPSA) is 156 Å². The number of anilines is 2. The molecular weight excluding hydrogens is 749 g/mol. The molecule has 0 saturated carbocycles. The molecule has 0 aliphatic carbocycles. The van der Waals surface area contributed by atoms with Crippen molar-refractivity contribution in [3.63, 3.8) is 0 Å². The van der Waals surface area contributed by atoms with Crippen molar-refractivity contribution in [1.82, 2.24) is 44.1 Å². The van der Waals surface area contributed by atoms with E-state index in [9.17, 15) is 13.2 Å². The molecule has 7 rings (SSSR count). The van der Waals surface area contributed by atoms with Crippen molar-refractivity contribution in [2.45, 2.75) is 18.4 Å². The Hall–Kier alpha value is -5.61. The van der Waals surface area contributed by atoms with E-state index in [4.69, 9.17) is 38.2 Å². The van der Waals surface area contributed by atoms with Crippen LogP contribution in [0.3, 0.4) is 0 Å². The van der Waals surface area contributed by atoms with Gasteiger partial charge in [-0.3, -0.25) is 9.78 Å². The maximum Gasteiger partial charge on any atom is 0.242 e. The number of aromatic nitrogens is 7. The predicted molar refractivity (Wildman–Crippen MR) is 210 cm³/mol. The number of pyridine rings is 3. The lowest BCUT2D eigenvalue weighted by molar-refractivity contribution is -0.118. The smallest absolute Gasteiger partial charge is 0.242 e. The number of nitrogens with one attached hydrogen (secondary N) is 2. The van der Waals surface area contributed by atoms with Crippen LogP contribution in [0.15, 0.2) is 109 Å². The number of imidazole rings is 2. The third-order valence-electron chi connectivity index (χ3n) is 8.68. The Balaban J connectivity index is 1.24. The van der Waals surface area contributed by atoms with E-state index in [2.05, 4.69) is 20.0 Å². The zero-order valence-electron chi connectivity index (χ0n) is 29.3. The summed E-state index contributed by atoms with van der Waals surface area (Å²) in [6.07, 6.45) is 11.7. The Kier molecular flexibility index (Phi) is 10.7. The molecular formula is C37H35Cl2N11O3S. The summed E-state index contributed by atoms with van der Waals surface area (Å²) in [5, 5.41) is 5.64. The van der Waals surface area contributed by atoms with Crippen LogP contribution in [0, 0.1) is 0 Å². The van der Waals surface area contributed by atoms with E-state index in [1.165, 1.54) is 25.4 Å². The van der Waals surface area contributed by atoms with E-state index in [-0.39, 0.29) is 30.4 Å². The number of nitrogens with zero attached hydrogens (tertiary/aromatic N) is 9. The lowest BCUT2D eigenvalue weighted by Gasteiger charge is -2.24. The maximum atomic E-state index is 13.1. The first-order valence-corrected chi connectivity index (χ1v) is 19.1. The predicted octanol–water partition coefficient (Wildman–Crippen LogP) is 5.41. The minimum atomic E-state index is -3.82. The van der Waals surface area contributed by atoms with E-state index in [1.54, 1.807) is 31.0 Å². The van der Waals surface area contributed by atoms with Gasteiger partial charge in [-0.15, -0.1) is 0 Å². The summed E-state index contributed by atoms with van der Waals surface area (Å²) < 4.78 is 32.8. The van der Waals surface area contributed by atoms with E-state index >= 15 is 0 Å². The Morgan fingerprint density at radius 3 is 2.20 bits per heavy atom. The van der Waals surface area contributed by atoms with Gasteiger partial charge in [-0.1, -0.05) is 23.2 Å². The molecule has 0 unspecified atom stereocenters. The quantitative estimate of drug-likeness (QED) is 0.146. The van der Waals surface area contributed by atoms with Crippen molar-refractivity contribution < 1.29 is 13.2 Å². The number of carbonyl (C=O) groups excluding carboxylic acids is 1. The molecule has 17 heteroatoms. The Morgan fingerprint density at radius 1 is 0.833 bits per heavy atom. The molecule has 1 amide bonds. The van der Waals surface area contributed by atoms with Crippen molar-refractivity contribution in [1.29, 1.82) is 0 Å². The molecule has 5 aromatic heterocycles. The number of carbonyl (C=O) groups is 1. The lowest BCUT2D eigenvalue weighted by Crippen LogP contribution is -2.35. The van der Waals surface area contributed by atoms with Gasteiger partial charge in [-0.2, -0.15) is 0 Å². The van der Waals surface area contributed by atoms with Crippen LogP contribution in [0.1, 0.15) is 12.6 Å². The number of benzene rings is 2. The summed E-state index contributed by atoms with van der Waals surface area (Å²) in [5.74, 6) is 1.17. The molecule has 0 spiro atoms. The Labute approximate surface area is 321 Å². The van der Waals surface area contributed by atoms with Gasteiger partial charge in [0, 0.05) is 104 Å². The summed E-state index contributed by atoms with van der Waals surface area (Å²) in [4.78, 5) is 38.3. The van der Waals surface area contributed by atoms with Gasteiger partial charge in [0.05, 0.1) is 47.3 Å². The second-order valence-electron chi connectivity index (χ2n) is 12.5. The van der Waals surface area contributed by atoms with E-state index in [0.717, 1.165) is 22.1 Å². The zero-order valence-corrected chi connectivity index (χ0v) is 31.6. The SMILES string of the molecule is CC(=O)NCCN(C)c1cc(-n2cnc(CN(CCNS(=O)(=O)c3cccnc3)c3cc(-n4ccnc4)c4ccc(Cl)cc4n3)c2)c2ccc(Cl)cc2n1. The van der Waals surface area contributed by atoms with Gasteiger partial charge in [-0.05, 0) is 48.5 Å². The second-order valence-corrected chi connectivity index (χ2v) is 15.1. The first-order chi connectivity index (χ1) is 26.0. The fourth-order valence-corrected chi connectivity index (χ4v) is 7.31. The van der Waals surface area contributed by atoms with Crippen LogP contribution in [0.2, 0.25) is 10.0 Å². The van der Waals surface area contributed by atoms with E-state index in [0.29, 0.717) is 51.5 Å². The number of hydrogen-bond acceptors (Lipinski definition) is 10. The molecule has 0 aliphatic rings. The fourth-order valence-electron chi connectivity index (χ4n) is 5.99.